The quantitative estimate of drug-likeness (QED) is 0.928. The summed E-state index contributed by atoms with van der Waals surface area (Å²) in [6.07, 6.45) is -1.13. The molecule has 0 bridgehead atoms. The molecular formula is C13H11F2NO3. The Morgan fingerprint density at radius 1 is 1.37 bits per heavy atom. The Morgan fingerprint density at radius 3 is 2.68 bits per heavy atom. The van der Waals surface area contributed by atoms with Gasteiger partial charge in [0.1, 0.15) is 17.1 Å². The zero-order chi connectivity index (χ0) is 14.2. The van der Waals surface area contributed by atoms with Crippen LogP contribution in [0.3, 0.4) is 0 Å². The maximum atomic E-state index is 13.6. The van der Waals surface area contributed by atoms with Gasteiger partial charge in [-0.2, -0.15) is 0 Å². The minimum atomic E-state index is -1.17. The van der Waals surface area contributed by atoms with Gasteiger partial charge in [-0.05, 0) is 19.9 Å². The minimum Gasteiger partial charge on any atom is -0.479 e. The molecule has 0 fully saturated rings. The van der Waals surface area contributed by atoms with Crippen LogP contribution in [0.1, 0.15) is 12.6 Å². The minimum absolute atomic E-state index is 0.0472. The van der Waals surface area contributed by atoms with Crippen molar-refractivity contribution in [3.8, 4) is 5.75 Å². The van der Waals surface area contributed by atoms with Crippen molar-refractivity contribution in [1.82, 2.24) is 4.98 Å². The van der Waals surface area contributed by atoms with Crippen LogP contribution in [0.5, 0.6) is 5.75 Å². The van der Waals surface area contributed by atoms with E-state index < -0.39 is 23.7 Å². The van der Waals surface area contributed by atoms with Gasteiger partial charge >= 0.3 is 5.97 Å². The van der Waals surface area contributed by atoms with Crippen LogP contribution in [0.25, 0.3) is 10.9 Å². The van der Waals surface area contributed by atoms with Gasteiger partial charge in [0, 0.05) is 23.2 Å². The van der Waals surface area contributed by atoms with E-state index in [-0.39, 0.29) is 16.7 Å². The molecule has 1 unspecified atom stereocenters. The fourth-order valence-corrected chi connectivity index (χ4v) is 1.68. The number of aliphatic carboxylic acids is 1. The van der Waals surface area contributed by atoms with Gasteiger partial charge in [0.05, 0.1) is 0 Å². The Balaban J connectivity index is 2.62. The first kappa shape index (κ1) is 13.2. The standard InChI is InChI=1S/C13H11F2NO3/c1-6-3-11(19-7(2)13(17)18)9-4-8(14)5-10(15)12(9)16-6/h3-5,7H,1-2H3,(H,17,18). The van der Waals surface area contributed by atoms with Gasteiger partial charge in [-0.3, -0.25) is 0 Å². The Morgan fingerprint density at radius 2 is 2.05 bits per heavy atom. The van der Waals surface area contributed by atoms with Gasteiger partial charge in [-0.1, -0.05) is 0 Å². The number of carboxylic acids is 1. The van der Waals surface area contributed by atoms with Crippen LogP contribution >= 0.6 is 0 Å². The number of pyridine rings is 1. The summed E-state index contributed by atoms with van der Waals surface area (Å²) in [5, 5.41) is 8.91. The topological polar surface area (TPSA) is 59.4 Å². The molecule has 2 rings (SSSR count). The predicted octanol–water partition coefficient (Wildman–Crippen LogP) is 2.67. The van der Waals surface area contributed by atoms with Crippen LogP contribution in [-0.4, -0.2) is 22.2 Å². The summed E-state index contributed by atoms with van der Waals surface area (Å²) in [6.45, 7) is 2.94. The summed E-state index contributed by atoms with van der Waals surface area (Å²) in [5.41, 5.74) is 0.402. The average Bonchev–Trinajstić information content (AvgIpc) is 2.30. The molecule has 0 radical (unpaired) electrons. The Bertz CT molecular complexity index is 658. The lowest BCUT2D eigenvalue weighted by molar-refractivity contribution is -0.144. The molecule has 2 aromatic rings. The number of aryl methyl sites for hydroxylation is 1. The highest BCUT2D eigenvalue weighted by Crippen LogP contribution is 2.29. The molecule has 0 spiro atoms. The maximum Gasteiger partial charge on any atom is 0.344 e. The van der Waals surface area contributed by atoms with Gasteiger partial charge in [0.25, 0.3) is 0 Å². The zero-order valence-corrected chi connectivity index (χ0v) is 10.3. The zero-order valence-electron chi connectivity index (χ0n) is 10.3. The van der Waals surface area contributed by atoms with Crippen molar-refractivity contribution in [3.05, 3.63) is 35.5 Å². The third-order valence-corrected chi connectivity index (χ3v) is 2.57. The van der Waals surface area contributed by atoms with Crippen molar-refractivity contribution in [1.29, 1.82) is 0 Å². The lowest BCUT2D eigenvalue weighted by atomic mass is 10.1. The molecule has 6 heteroatoms. The molecule has 1 N–H and O–H groups in total. The van der Waals surface area contributed by atoms with E-state index in [9.17, 15) is 13.6 Å². The molecular weight excluding hydrogens is 256 g/mol. The summed E-state index contributed by atoms with van der Waals surface area (Å²) in [6, 6.07) is 3.23. The largest absolute Gasteiger partial charge is 0.479 e. The van der Waals surface area contributed by atoms with E-state index in [1.165, 1.54) is 13.0 Å². The Labute approximate surface area is 107 Å². The van der Waals surface area contributed by atoms with Crippen LogP contribution in [0.2, 0.25) is 0 Å². The molecule has 0 saturated carbocycles. The SMILES string of the molecule is Cc1cc(OC(C)C(=O)O)c2cc(F)cc(F)c2n1. The van der Waals surface area contributed by atoms with E-state index in [1.807, 2.05) is 0 Å². The van der Waals surface area contributed by atoms with Crippen LogP contribution in [0, 0.1) is 18.6 Å². The second-order valence-corrected chi connectivity index (χ2v) is 4.14. The molecule has 100 valence electrons. The smallest absolute Gasteiger partial charge is 0.344 e. The summed E-state index contributed by atoms with van der Waals surface area (Å²) in [4.78, 5) is 14.7. The summed E-state index contributed by atoms with van der Waals surface area (Å²) >= 11 is 0. The second-order valence-electron chi connectivity index (χ2n) is 4.14. The number of carbonyl (C=O) groups is 1. The number of rotatable bonds is 3. The molecule has 1 aromatic carbocycles. The highest BCUT2D eigenvalue weighted by molar-refractivity contribution is 5.86. The van der Waals surface area contributed by atoms with E-state index in [2.05, 4.69) is 4.98 Å². The van der Waals surface area contributed by atoms with Crippen LogP contribution in [0.4, 0.5) is 8.78 Å². The van der Waals surface area contributed by atoms with Crippen LogP contribution in [-0.2, 0) is 4.79 Å². The fourth-order valence-electron chi connectivity index (χ4n) is 1.68. The van der Waals surface area contributed by atoms with Crippen LogP contribution in [0.15, 0.2) is 18.2 Å². The molecule has 4 nitrogen and oxygen atoms in total. The molecule has 0 aliphatic rings. The molecule has 0 aliphatic heterocycles. The molecule has 1 aromatic heterocycles. The highest BCUT2D eigenvalue weighted by atomic mass is 19.1. The van der Waals surface area contributed by atoms with Gasteiger partial charge < -0.3 is 9.84 Å². The summed E-state index contributed by atoms with van der Waals surface area (Å²) < 4.78 is 32.1. The summed E-state index contributed by atoms with van der Waals surface area (Å²) in [5.74, 6) is -2.66. The lowest BCUT2D eigenvalue weighted by Gasteiger charge is -2.13. The molecule has 1 heterocycles. The van der Waals surface area contributed by atoms with Crippen molar-refractivity contribution < 1.29 is 23.4 Å². The third kappa shape index (κ3) is 2.62. The van der Waals surface area contributed by atoms with Crippen molar-refractivity contribution >= 4 is 16.9 Å². The number of nitrogens with zero attached hydrogens (tertiary/aromatic N) is 1. The predicted molar refractivity (Wildman–Crippen MR) is 64.1 cm³/mol. The first-order valence-corrected chi connectivity index (χ1v) is 5.54. The molecule has 0 aliphatic carbocycles. The molecule has 0 amide bonds. The molecule has 19 heavy (non-hydrogen) atoms. The van der Waals surface area contributed by atoms with Crippen molar-refractivity contribution in [2.45, 2.75) is 20.0 Å². The monoisotopic (exact) mass is 267 g/mol. The van der Waals surface area contributed by atoms with E-state index in [1.54, 1.807) is 6.92 Å². The molecule has 0 saturated heterocycles. The van der Waals surface area contributed by atoms with Crippen molar-refractivity contribution in [3.63, 3.8) is 0 Å². The van der Waals surface area contributed by atoms with Crippen LogP contribution < -0.4 is 4.74 Å². The van der Waals surface area contributed by atoms with Crippen molar-refractivity contribution in [2.75, 3.05) is 0 Å². The maximum absolute atomic E-state index is 13.6. The number of aromatic nitrogens is 1. The number of ether oxygens (including phenoxy) is 1. The highest BCUT2D eigenvalue weighted by Gasteiger charge is 2.17. The summed E-state index contributed by atoms with van der Waals surface area (Å²) in [7, 11) is 0. The first-order chi connectivity index (χ1) is 8.88. The lowest BCUT2D eigenvalue weighted by Crippen LogP contribution is -2.23. The number of hydrogen-bond acceptors (Lipinski definition) is 3. The van der Waals surface area contributed by atoms with E-state index in [0.717, 1.165) is 12.1 Å². The average molecular weight is 267 g/mol. The number of hydrogen-bond donors (Lipinski definition) is 1. The number of carboxylic acid groups (broad SMARTS) is 1. The third-order valence-electron chi connectivity index (χ3n) is 2.57. The van der Waals surface area contributed by atoms with Gasteiger partial charge in [0.2, 0.25) is 0 Å². The van der Waals surface area contributed by atoms with Gasteiger partial charge in [-0.15, -0.1) is 0 Å². The second kappa shape index (κ2) is 4.79. The van der Waals surface area contributed by atoms with Gasteiger partial charge in [-0.25, -0.2) is 18.6 Å². The molecule has 1 atom stereocenters. The normalized spacial score (nSPS) is 12.4. The number of benzene rings is 1. The number of fused-ring (bicyclic) bond motifs is 1. The van der Waals surface area contributed by atoms with Crippen molar-refractivity contribution in [2.24, 2.45) is 0 Å². The Hall–Kier alpha value is -2.24. The van der Waals surface area contributed by atoms with Gasteiger partial charge in [0.15, 0.2) is 11.9 Å². The van der Waals surface area contributed by atoms with E-state index in [0.29, 0.717) is 5.69 Å². The fraction of sp³-hybridized carbons (Fsp3) is 0.231. The van der Waals surface area contributed by atoms with E-state index in [4.69, 9.17) is 9.84 Å². The number of halogens is 2. The first-order valence-electron chi connectivity index (χ1n) is 5.54. The Kier molecular flexibility index (Phi) is 3.33. The van der Waals surface area contributed by atoms with E-state index >= 15 is 0 Å².